The van der Waals surface area contributed by atoms with Crippen LogP contribution in [0.15, 0.2) is 12.7 Å². The smallest absolute Gasteiger partial charge is 0.0571 e. The average molecular weight is 224 g/mol. The van der Waals surface area contributed by atoms with Crippen molar-refractivity contribution >= 4 is 0 Å². The standard InChI is InChI=1S/C15H28O/c1-2-11-14-12-9-7-5-3-4-6-8-10-13-15(14)16/h2,14-16H,1,3-13H2. The lowest BCUT2D eigenvalue weighted by Crippen LogP contribution is -2.20. The van der Waals surface area contributed by atoms with E-state index >= 15 is 0 Å². The minimum atomic E-state index is -0.0857. The molecule has 2 atom stereocenters. The van der Waals surface area contributed by atoms with E-state index in [1.165, 1.54) is 57.8 Å². The third kappa shape index (κ3) is 5.69. The van der Waals surface area contributed by atoms with Gasteiger partial charge in [0, 0.05) is 0 Å². The molecule has 0 aliphatic heterocycles. The predicted octanol–water partition coefficient (Wildman–Crippen LogP) is 4.45. The molecule has 0 aromatic heterocycles. The summed E-state index contributed by atoms with van der Waals surface area (Å²) in [5.41, 5.74) is 0. The quantitative estimate of drug-likeness (QED) is 0.687. The van der Waals surface area contributed by atoms with Gasteiger partial charge >= 0.3 is 0 Å². The molecule has 0 radical (unpaired) electrons. The van der Waals surface area contributed by atoms with E-state index in [0.29, 0.717) is 5.92 Å². The Labute approximate surface area is 101 Å². The van der Waals surface area contributed by atoms with Crippen molar-refractivity contribution in [3.63, 3.8) is 0 Å². The molecule has 1 rings (SSSR count). The summed E-state index contributed by atoms with van der Waals surface area (Å²) in [6, 6.07) is 0. The molecular weight excluding hydrogens is 196 g/mol. The molecule has 0 heterocycles. The van der Waals surface area contributed by atoms with Crippen molar-refractivity contribution in [3.8, 4) is 0 Å². The first-order valence-corrected chi connectivity index (χ1v) is 7.13. The molecule has 1 N–H and O–H groups in total. The van der Waals surface area contributed by atoms with E-state index in [4.69, 9.17) is 0 Å². The molecule has 1 fully saturated rings. The fourth-order valence-corrected chi connectivity index (χ4v) is 2.74. The summed E-state index contributed by atoms with van der Waals surface area (Å²) in [5, 5.41) is 10.1. The van der Waals surface area contributed by atoms with E-state index in [-0.39, 0.29) is 6.10 Å². The molecular formula is C15H28O. The van der Waals surface area contributed by atoms with Crippen LogP contribution < -0.4 is 0 Å². The second-order valence-electron chi connectivity index (χ2n) is 5.26. The molecule has 1 heteroatoms. The van der Waals surface area contributed by atoms with Gasteiger partial charge in [-0.2, -0.15) is 0 Å². The molecule has 1 saturated carbocycles. The monoisotopic (exact) mass is 224 g/mol. The van der Waals surface area contributed by atoms with Gasteiger partial charge in [0.25, 0.3) is 0 Å². The molecule has 94 valence electrons. The summed E-state index contributed by atoms with van der Waals surface area (Å²) >= 11 is 0. The number of allylic oxidation sites excluding steroid dienone is 1. The summed E-state index contributed by atoms with van der Waals surface area (Å²) in [4.78, 5) is 0. The van der Waals surface area contributed by atoms with Gasteiger partial charge in [-0.15, -0.1) is 6.58 Å². The zero-order chi connectivity index (χ0) is 11.6. The molecule has 0 amide bonds. The predicted molar refractivity (Wildman–Crippen MR) is 70.5 cm³/mol. The van der Waals surface area contributed by atoms with E-state index in [9.17, 15) is 5.11 Å². The minimum absolute atomic E-state index is 0.0857. The lowest BCUT2D eigenvalue weighted by molar-refractivity contribution is 0.0902. The summed E-state index contributed by atoms with van der Waals surface area (Å²) < 4.78 is 0. The summed E-state index contributed by atoms with van der Waals surface area (Å²) in [7, 11) is 0. The van der Waals surface area contributed by atoms with Crippen LogP contribution in [0.3, 0.4) is 0 Å². The van der Waals surface area contributed by atoms with Gasteiger partial charge in [0.05, 0.1) is 6.10 Å². The van der Waals surface area contributed by atoms with Crippen molar-refractivity contribution in [1.29, 1.82) is 0 Å². The second kappa shape index (κ2) is 8.81. The van der Waals surface area contributed by atoms with E-state index in [1.807, 2.05) is 6.08 Å². The lowest BCUT2D eigenvalue weighted by atomic mass is 9.88. The number of aliphatic hydroxyl groups excluding tert-OH is 1. The lowest BCUT2D eigenvalue weighted by Gasteiger charge is -2.22. The molecule has 0 aromatic rings. The molecule has 1 aliphatic rings. The third-order valence-electron chi connectivity index (χ3n) is 3.84. The van der Waals surface area contributed by atoms with Crippen molar-refractivity contribution in [1.82, 2.24) is 0 Å². The first kappa shape index (κ1) is 13.8. The van der Waals surface area contributed by atoms with Crippen molar-refractivity contribution in [2.45, 2.75) is 76.7 Å². The van der Waals surface area contributed by atoms with Gasteiger partial charge in [0.1, 0.15) is 0 Å². The number of rotatable bonds is 2. The van der Waals surface area contributed by atoms with Gasteiger partial charge in [-0.3, -0.25) is 0 Å². The van der Waals surface area contributed by atoms with Crippen LogP contribution in [0.4, 0.5) is 0 Å². The zero-order valence-corrected chi connectivity index (χ0v) is 10.7. The first-order chi connectivity index (χ1) is 7.84. The Hall–Kier alpha value is -0.300. The molecule has 1 nitrogen and oxygen atoms in total. The maximum absolute atomic E-state index is 10.1. The molecule has 0 saturated heterocycles. The number of hydrogen-bond acceptors (Lipinski definition) is 1. The number of aliphatic hydroxyl groups is 1. The molecule has 0 bridgehead atoms. The van der Waals surface area contributed by atoms with Gasteiger partial charge in [0.15, 0.2) is 0 Å². The van der Waals surface area contributed by atoms with Crippen LogP contribution in [0.1, 0.15) is 70.6 Å². The van der Waals surface area contributed by atoms with Crippen LogP contribution in [0.25, 0.3) is 0 Å². The normalized spacial score (nSPS) is 30.1. The van der Waals surface area contributed by atoms with E-state index < -0.39 is 0 Å². The third-order valence-corrected chi connectivity index (χ3v) is 3.84. The van der Waals surface area contributed by atoms with Crippen molar-refractivity contribution in [2.24, 2.45) is 5.92 Å². The van der Waals surface area contributed by atoms with Gasteiger partial charge in [-0.05, 0) is 25.2 Å². The van der Waals surface area contributed by atoms with Gasteiger partial charge in [-0.1, -0.05) is 57.4 Å². The maximum atomic E-state index is 10.1. The first-order valence-electron chi connectivity index (χ1n) is 7.13. The van der Waals surface area contributed by atoms with E-state index in [1.54, 1.807) is 0 Å². The molecule has 2 unspecified atom stereocenters. The van der Waals surface area contributed by atoms with Crippen molar-refractivity contribution in [3.05, 3.63) is 12.7 Å². The van der Waals surface area contributed by atoms with Crippen molar-refractivity contribution < 1.29 is 5.11 Å². The SMILES string of the molecule is C=CCC1CCCCCCCCCCC1O. The second-order valence-corrected chi connectivity index (χ2v) is 5.26. The van der Waals surface area contributed by atoms with Crippen molar-refractivity contribution in [2.75, 3.05) is 0 Å². The van der Waals surface area contributed by atoms with Gasteiger partial charge in [-0.25, -0.2) is 0 Å². The fraction of sp³-hybridized carbons (Fsp3) is 0.867. The van der Waals surface area contributed by atoms with Crippen LogP contribution in [0, 0.1) is 5.92 Å². The molecule has 0 aromatic carbocycles. The van der Waals surface area contributed by atoms with Crippen LogP contribution >= 0.6 is 0 Å². The van der Waals surface area contributed by atoms with Gasteiger partial charge in [0.2, 0.25) is 0 Å². The summed E-state index contributed by atoms with van der Waals surface area (Å²) in [6.07, 6.45) is 15.8. The Kier molecular flexibility index (Phi) is 7.58. The Bertz CT molecular complexity index is 176. The van der Waals surface area contributed by atoms with Gasteiger partial charge < -0.3 is 5.11 Å². The highest BCUT2D eigenvalue weighted by molar-refractivity contribution is 4.78. The zero-order valence-electron chi connectivity index (χ0n) is 10.7. The molecule has 1 aliphatic carbocycles. The Morgan fingerprint density at radius 1 is 0.875 bits per heavy atom. The molecule has 0 spiro atoms. The number of hydrogen-bond donors (Lipinski definition) is 1. The molecule has 16 heavy (non-hydrogen) atoms. The summed E-state index contributed by atoms with van der Waals surface area (Å²) in [5.74, 6) is 0.469. The Morgan fingerprint density at radius 2 is 1.38 bits per heavy atom. The Balaban J connectivity index is 2.36. The topological polar surface area (TPSA) is 20.2 Å². The van der Waals surface area contributed by atoms with E-state index in [0.717, 1.165) is 12.8 Å². The van der Waals surface area contributed by atoms with Crippen LogP contribution in [-0.4, -0.2) is 11.2 Å². The van der Waals surface area contributed by atoms with Crippen LogP contribution in [-0.2, 0) is 0 Å². The van der Waals surface area contributed by atoms with Crippen LogP contribution in [0.2, 0.25) is 0 Å². The minimum Gasteiger partial charge on any atom is -0.393 e. The van der Waals surface area contributed by atoms with E-state index in [2.05, 4.69) is 6.58 Å². The highest BCUT2D eigenvalue weighted by Gasteiger charge is 2.17. The average Bonchev–Trinajstić information content (AvgIpc) is 2.28. The fourth-order valence-electron chi connectivity index (χ4n) is 2.74. The van der Waals surface area contributed by atoms with Crippen LogP contribution in [0.5, 0.6) is 0 Å². The largest absolute Gasteiger partial charge is 0.393 e. The Morgan fingerprint density at radius 3 is 1.94 bits per heavy atom. The highest BCUT2D eigenvalue weighted by atomic mass is 16.3. The summed E-state index contributed by atoms with van der Waals surface area (Å²) in [6.45, 7) is 3.81. The maximum Gasteiger partial charge on any atom is 0.0571 e. The highest BCUT2D eigenvalue weighted by Crippen LogP contribution is 2.24.